The molecule has 0 atom stereocenters. The van der Waals surface area contributed by atoms with Crippen LogP contribution in [0.25, 0.3) is 0 Å². The Hall–Kier alpha value is -0.860. The van der Waals surface area contributed by atoms with Crippen molar-refractivity contribution in [3.8, 4) is 0 Å². The Bertz CT molecular complexity index is 626. The molecule has 152 valence electrons. The lowest BCUT2D eigenvalue weighted by Crippen LogP contribution is -2.52. The summed E-state index contributed by atoms with van der Waals surface area (Å²) >= 11 is 0. The molecule has 0 spiro atoms. The van der Waals surface area contributed by atoms with Crippen LogP contribution < -0.4 is 10.2 Å². The number of guanidine groups is 1. The maximum atomic E-state index is 5.51. The third-order valence-corrected chi connectivity index (χ3v) is 5.72. The van der Waals surface area contributed by atoms with E-state index in [2.05, 4.69) is 60.2 Å². The summed E-state index contributed by atoms with van der Waals surface area (Å²) in [5, 5.41) is 3.49. The monoisotopic (exact) mass is 486 g/mol. The summed E-state index contributed by atoms with van der Waals surface area (Å²) in [6.45, 7) is 11.6. The maximum Gasteiger partial charge on any atom is 0.198 e. The van der Waals surface area contributed by atoms with E-state index in [-0.39, 0.29) is 29.5 Å². The maximum absolute atomic E-state index is 5.51. The van der Waals surface area contributed by atoms with Crippen LogP contribution in [0.1, 0.15) is 39.2 Å². The zero-order valence-electron chi connectivity index (χ0n) is 17.2. The molecule has 3 rings (SSSR count). The molecule has 0 unspecified atom stereocenters. The zero-order valence-corrected chi connectivity index (χ0v) is 19.5. The highest BCUT2D eigenvalue weighted by atomic mass is 127. The van der Waals surface area contributed by atoms with E-state index in [4.69, 9.17) is 9.73 Å². The fourth-order valence-corrected chi connectivity index (χ4v) is 4.02. The zero-order chi connectivity index (χ0) is 18.6. The van der Waals surface area contributed by atoms with Crippen LogP contribution >= 0.6 is 24.0 Å². The largest absolute Gasteiger partial charge is 0.381 e. The third-order valence-electron chi connectivity index (χ3n) is 5.72. The molecule has 2 heterocycles. The van der Waals surface area contributed by atoms with Gasteiger partial charge in [0.2, 0.25) is 0 Å². The van der Waals surface area contributed by atoms with Gasteiger partial charge < -0.3 is 15.0 Å². The number of piperidine rings is 1. The van der Waals surface area contributed by atoms with Gasteiger partial charge in [-0.3, -0.25) is 9.89 Å². The summed E-state index contributed by atoms with van der Waals surface area (Å²) < 4.78 is 5.51. The summed E-state index contributed by atoms with van der Waals surface area (Å²) in [7, 11) is 1.83. The SMILES string of the molecule is CCNC(=NCC(C)(C)N1CCC(OC)CC1)N1CCc2ccccc21.I. The Labute approximate surface area is 181 Å². The number of anilines is 1. The Morgan fingerprint density at radius 3 is 2.59 bits per heavy atom. The number of aliphatic imine (C=N–C) groups is 1. The van der Waals surface area contributed by atoms with E-state index in [0.29, 0.717) is 6.10 Å². The fraction of sp³-hybridized carbons (Fsp3) is 0.667. The van der Waals surface area contributed by atoms with Crippen LogP contribution in [0, 0.1) is 0 Å². The topological polar surface area (TPSA) is 40.1 Å². The number of rotatable bonds is 5. The van der Waals surface area contributed by atoms with Gasteiger partial charge in [-0.1, -0.05) is 18.2 Å². The van der Waals surface area contributed by atoms with E-state index in [9.17, 15) is 0 Å². The molecular formula is C21H35IN4O. The Kier molecular flexibility index (Phi) is 8.37. The van der Waals surface area contributed by atoms with E-state index in [1.165, 1.54) is 11.3 Å². The highest BCUT2D eigenvalue weighted by molar-refractivity contribution is 14.0. The van der Waals surface area contributed by atoms with Gasteiger partial charge in [0.1, 0.15) is 0 Å². The minimum atomic E-state index is 0. The van der Waals surface area contributed by atoms with Crippen molar-refractivity contribution < 1.29 is 4.74 Å². The van der Waals surface area contributed by atoms with Crippen molar-refractivity contribution in [2.24, 2.45) is 4.99 Å². The van der Waals surface area contributed by atoms with Crippen LogP contribution in [0.5, 0.6) is 0 Å². The fourth-order valence-electron chi connectivity index (χ4n) is 4.02. The van der Waals surface area contributed by atoms with Gasteiger partial charge in [-0.15, -0.1) is 24.0 Å². The molecule has 1 saturated heterocycles. The molecule has 0 saturated carbocycles. The van der Waals surface area contributed by atoms with E-state index < -0.39 is 0 Å². The average molecular weight is 486 g/mol. The lowest BCUT2D eigenvalue weighted by molar-refractivity contribution is 0.00910. The quantitative estimate of drug-likeness (QED) is 0.393. The van der Waals surface area contributed by atoms with Crippen molar-refractivity contribution in [1.29, 1.82) is 0 Å². The van der Waals surface area contributed by atoms with E-state index in [1.807, 2.05) is 7.11 Å². The summed E-state index contributed by atoms with van der Waals surface area (Å²) in [5.41, 5.74) is 2.77. The number of para-hydroxylation sites is 1. The predicted octanol–water partition coefficient (Wildman–Crippen LogP) is 3.52. The summed E-state index contributed by atoms with van der Waals surface area (Å²) in [6, 6.07) is 8.67. The van der Waals surface area contributed by atoms with Crippen LogP contribution in [0.15, 0.2) is 29.3 Å². The summed E-state index contributed by atoms with van der Waals surface area (Å²) in [6.07, 6.45) is 3.74. The van der Waals surface area contributed by atoms with Gasteiger partial charge in [0.25, 0.3) is 0 Å². The van der Waals surface area contributed by atoms with E-state index in [1.54, 1.807) is 0 Å². The summed E-state index contributed by atoms with van der Waals surface area (Å²) in [5.74, 6) is 1.01. The lowest BCUT2D eigenvalue weighted by Gasteiger charge is -2.42. The number of fused-ring (bicyclic) bond motifs is 1. The lowest BCUT2D eigenvalue weighted by atomic mass is 9.97. The molecule has 0 amide bonds. The number of likely N-dealkylation sites (tertiary alicyclic amines) is 1. The van der Waals surface area contributed by atoms with Crippen molar-refractivity contribution in [2.45, 2.75) is 51.7 Å². The second-order valence-corrected chi connectivity index (χ2v) is 7.94. The highest BCUT2D eigenvalue weighted by Crippen LogP contribution is 2.28. The summed E-state index contributed by atoms with van der Waals surface area (Å²) in [4.78, 5) is 9.94. The van der Waals surface area contributed by atoms with E-state index >= 15 is 0 Å². The first kappa shape index (κ1) is 22.4. The first-order valence-corrected chi connectivity index (χ1v) is 9.96. The van der Waals surface area contributed by atoms with Gasteiger partial charge in [0, 0.05) is 44.5 Å². The number of ether oxygens (including phenoxy) is 1. The first-order valence-electron chi connectivity index (χ1n) is 9.96. The molecule has 2 aliphatic rings. The molecular weight excluding hydrogens is 451 g/mol. The van der Waals surface area contributed by atoms with Gasteiger partial charge in [-0.2, -0.15) is 0 Å². The molecule has 27 heavy (non-hydrogen) atoms. The average Bonchev–Trinajstić information content (AvgIpc) is 3.09. The smallest absolute Gasteiger partial charge is 0.198 e. The Balaban J connectivity index is 0.00000261. The standard InChI is InChI=1S/C21H34N4O.HI/c1-5-22-20(25-15-10-17-8-6-7-9-19(17)25)23-16-21(2,3)24-13-11-18(26-4)12-14-24;/h6-9,18H,5,10-16H2,1-4H3,(H,22,23);1H. The number of nitrogens with one attached hydrogen (secondary N) is 1. The predicted molar refractivity (Wildman–Crippen MR) is 125 cm³/mol. The molecule has 1 fully saturated rings. The highest BCUT2D eigenvalue weighted by Gasteiger charge is 2.31. The molecule has 0 aliphatic carbocycles. The van der Waals surface area contributed by atoms with Crippen molar-refractivity contribution in [2.75, 3.05) is 44.7 Å². The van der Waals surface area contributed by atoms with E-state index in [0.717, 1.165) is 57.9 Å². The van der Waals surface area contributed by atoms with Gasteiger partial charge in [-0.05, 0) is 51.7 Å². The minimum absolute atomic E-state index is 0. The van der Waals surface area contributed by atoms with Gasteiger partial charge in [0.15, 0.2) is 5.96 Å². The number of hydrogen-bond donors (Lipinski definition) is 1. The van der Waals surface area contributed by atoms with Crippen molar-refractivity contribution in [1.82, 2.24) is 10.2 Å². The van der Waals surface area contributed by atoms with Crippen LogP contribution in [-0.4, -0.2) is 62.3 Å². The molecule has 0 aromatic heterocycles. The number of benzene rings is 1. The Morgan fingerprint density at radius 1 is 1.22 bits per heavy atom. The third kappa shape index (κ3) is 5.35. The molecule has 1 aromatic rings. The first-order chi connectivity index (χ1) is 12.5. The van der Waals surface area contributed by atoms with Gasteiger partial charge in [-0.25, -0.2) is 0 Å². The number of methoxy groups -OCH3 is 1. The molecule has 6 heteroatoms. The minimum Gasteiger partial charge on any atom is -0.381 e. The number of halogens is 1. The Morgan fingerprint density at radius 2 is 1.93 bits per heavy atom. The van der Waals surface area contributed by atoms with Crippen LogP contribution in [0.4, 0.5) is 5.69 Å². The van der Waals surface area contributed by atoms with Crippen LogP contribution in [0.2, 0.25) is 0 Å². The number of nitrogens with zero attached hydrogens (tertiary/aromatic N) is 3. The second kappa shape index (κ2) is 10.1. The van der Waals surface area contributed by atoms with Crippen LogP contribution in [0.3, 0.4) is 0 Å². The molecule has 1 N–H and O–H groups in total. The van der Waals surface area contributed by atoms with Crippen LogP contribution in [-0.2, 0) is 11.2 Å². The molecule has 0 bridgehead atoms. The van der Waals surface area contributed by atoms with Crippen molar-refractivity contribution in [3.63, 3.8) is 0 Å². The second-order valence-electron chi connectivity index (χ2n) is 7.94. The van der Waals surface area contributed by atoms with Crippen molar-refractivity contribution in [3.05, 3.63) is 29.8 Å². The van der Waals surface area contributed by atoms with Gasteiger partial charge in [0.05, 0.1) is 12.6 Å². The molecule has 5 nitrogen and oxygen atoms in total. The normalized spacial score (nSPS) is 19.0. The van der Waals surface area contributed by atoms with Crippen molar-refractivity contribution >= 4 is 35.6 Å². The molecule has 2 aliphatic heterocycles. The van der Waals surface area contributed by atoms with Gasteiger partial charge >= 0.3 is 0 Å². The molecule has 1 aromatic carbocycles. The molecule has 0 radical (unpaired) electrons. The number of hydrogen-bond acceptors (Lipinski definition) is 3.